The Hall–Kier alpha value is -1.84. The van der Waals surface area contributed by atoms with Crippen molar-refractivity contribution >= 4 is 0 Å². The summed E-state index contributed by atoms with van der Waals surface area (Å²) in [7, 11) is 0. The van der Waals surface area contributed by atoms with E-state index >= 15 is 0 Å². The summed E-state index contributed by atoms with van der Waals surface area (Å²) in [6, 6.07) is 17.5. The lowest BCUT2D eigenvalue weighted by Crippen LogP contribution is -2.09. The molecule has 2 aromatic carbocycles. The zero-order valence-corrected chi connectivity index (χ0v) is 11.5. The Bertz CT molecular complexity index is 513. The fraction of sp³-hybridized carbons (Fsp3) is 0.294. The van der Waals surface area contributed by atoms with Gasteiger partial charge in [-0.25, -0.2) is 0 Å². The highest BCUT2D eigenvalue weighted by atomic mass is 16.5. The molecule has 1 unspecified atom stereocenters. The molecule has 2 rings (SSSR count). The first-order valence-electron chi connectivity index (χ1n) is 6.94. The van der Waals surface area contributed by atoms with Gasteiger partial charge in [0.15, 0.2) is 0 Å². The molecule has 3 N–H and O–H groups in total. The summed E-state index contributed by atoms with van der Waals surface area (Å²) in [5.74, 6) is 0.787. The maximum atomic E-state index is 10.1. The SMILES string of the molecule is NCCCc1cccc(OCC(O)c2ccccc2)c1. The van der Waals surface area contributed by atoms with Crippen molar-refractivity contribution in [3.63, 3.8) is 0 Å². The molecule has 0 saturated carbocycles. The lowest BCUT2D eigenvalue weighted by Gasteiger charge is -2.13. The standard InChI is InChI=1S/C17H21NO2/c18-11-5-7-14-6-4-10-16(12-14)20-13-17(19)15-8-2-1-3-9-15/h1-4,6,8-10,12,17,19H,5,7,11,13,18H2. The fourth-order valence-corrected chi connectivity index (χ4v) is 2.04. The average molecular weight is 271 g/mol. The molecule has 0 aliphatic carbocycles. The van der Waals surface area contributed by atoms with Crippen LogP contribution in [0.25, 0.3) is 0 Å². The van der Waals surface area contributed by atoms with Crippen LogP contribution in [0.15, 0.2) is 54.6 Å². The number of nitrogens with two attached hydrogens (primary N) is 1. The lowest BCUT2D eigenvalue weighted by molar-refractivity contribution is 0.108. The smallest absolute Gasteiger partial charge is 0.119 e. The summed E-state index contributed by atoms with van der Waals surface area (Å²) < 4.78 is 5.66. The first kappa shape index (κ1) is 14.6. The third-order valence-corrected chi connectivity index (χ3v) is 3.16. The van der Waals surface area contributed by atoms with Gasteiger partial charge in [0.05, 0.1) is 0 Å². The van der Waals surface area contributed by atoms with Gasteiger partial charge in [-0.05, 0) is 42.6 Å². The Labute approximate surface area is 120 Å². The summed E-state index contributed by atoms with van der Waals surface area (Å²) in [4.78, 5) is 0. The van der Waals surface area contributed by atoms with Crippen molar-refractivity contribution in [2.45, 2.75) is 18.9 Å². The van der Waals surface area contributed by atoms with Crippen LogP contribution in [0.4, 0.5) is 0 Å². The van der Waals surface area contributed by atoms with Gasteiger partial charge in [0.1, 0.15) is 18.5 Å². The van der Waals surface area contributed by atoms with Crippen LogP contribution in [0.5, 0.6) is 5.75 Å². The molecule has 2 aromatic rings. The van der Waals surface area contributed by atoms with Crippen LogP contribution in [-0.4, -0.2) is 18.3 Å². The first-order chi connectivity index (χ1) is 9.79. The summed E-state index contributed by atoms with van der Waals surface area (Å²) >= 11 is 0. The predicted octanol–water partition coefficient (Wildman–Crippen LogP) is 2.69. The van der Waals surface area contributed by atoms with E-state index < -0.39 is 6.10 Å². The van der Waals surface area contributed by atoms with Gasteiger partial charge in [0.2, 0.25) is 0 Å². The van der Waals surface area contributed by atoms with E-state index in [-0.39, 0.29) is 6.61 Å². The lowest BCUT2D eigenvalue weighted by atomic mass is 10.1. The van der Waals surface area contributed by atoms with Gasteiger partial charge in [0.25, 0.3) is 0 Å². The Kier molecular flexibility index (Phi) is 5.59. The number of benzene rings is 2. The minimum atomic E-state index is -0.608. The summed E-state index contributed by atoms with van der Waals surface area (Å²) in [5, 5.41) is 10.1. The Balaban J connectivity index is 1.90. The summed E-state index contributed by atoms with van der Waals surface area (Å²) in [6.07, 6.45) is 1.31. The molecule has 3 heteroatoms. The summed E-state index contributed by atoms with van der Waals surface area (Å²) in [5.41, 5.74) is 7.59. The van der Waals surface area contributed by atoms with E-state index in [4.69, 9.17) is 10.5 Å². The molecule has 0 saturated heterocycles. The van der Waals surface area contributed by atoms with E-state index in [0.717, 1.165) is 24.2 Å². The van der Waals surface area contributed by atoms with Crippen molar-refractivity contribution in [1.29, 1.82) is 0 Å². The van der Waals surface area contributed by atoms with Crippen LogP contribution in [-0.2, 0) is 6.42 Å². The summed E-state index contributed by atoms with van der Waals surface area (Å²) in [6.45, 7) is 0.947. The van der Waals surface area contributed by atoms with Gasteiger partial charge >= 0.3 is 0 Å². The molecule has 0 aliphatic rings. The molecular formula is C17H21NO2. The van der Waals surface area contributed by atoms with E-state index in [2.05, 4.69) is 6.07 Å². The molecule has 0 fully saturated rings. The number of rotatable bonds is 7. The van der Waals surface area contributed by atoms with E-state index in [1.54, 1.807) is 0 Å². The second kappa shape index (κ2) is 7.68. The molecule has 0 aromatic heterocycles. The Morgan fingerprint density at radius 2 is 1.85 bits per heavy atom. The zero-order chi connectivity index (χ0) is 14.2. The molecule has 0 spiro atoms. The predicted molar refractivity (Wildman–Crippen MR) is 80.7 cm³/mol. The third-order valence-electron chi connectivity index (χ3n) is 3.16. The van der Waals surface area contributed by atoms with Crippen molar-refractivity contribution in [2.75, 3.05) is 13.2 Å². The number of aliphatic hydroxyl groups is 1. The number of hydrogen-bond donors (Lipinski definition) is 2. The van der Waals surface area contributed by atoms with Crippen molar-refractivity contribution in [1.82, 2.24) is 0 Å². The number of ether oxygens (including phenoxy) is 1. The monoisotopic (exact) mass is 271 g/mol. The van der Waals surface area contributed by atoms with E-state index in [0.29, 0.717) is 6.54 Å². The molecular weight excluding hydrogens is 250 g/mol. The third kappa shape index (κ3) is 4.37. The molecule has 0 aliphatic heterocycles. The van der Waals surface area contributed by atoms with Crippen LogP contribution < -0.4 is 10.5 Å². The molecule has 3 nitrogen and oxygen atoms in total. The topological polar surface area (TPSA) is 55.5 Å². The van der Waals surface area contributed by atoms with Crippen LogP contribution in [0.1, 0.15) is 23.7 Å². The molecule has 0 bridgehead atoms. The fourth-order valence-electron chi connectivity index (χ4n) is 2.04. The van der Waals surface area contributed by atoms with Crippen molar-refractivity contribution in [3.05, 3.63) is 65.7 Å². The van der Waals surface area contributed by atoms with Gasteiger partial charge in [-0.15, -0.1) is 0 Å². The normalized spacial score (nSPS) is 12.1. The Morgan fingerprint density at radius 1 is 1.05 bits per heavy atom. The van der Waals surface area contributed by atoms with E-state index in [1.165, 1.54) is 5.56 Å². The largest absolute Gasteiger partial charge is 0.491 e. The van der Waals surface area contributed by atoms with Crippen LogP contribution in [0.3, 0.4) is 0 Å². The van der Waals surface area contributed by atoms with Gasteiger partial charge in [-0.1, -0.05) is 42.5 Å². The Morgan fingerprint density at radius 3 is 2.60 bits per heavy atom. The maximum Gasteiger partial charge on any atom is 0.119 e. The number of hydrogen-bond acceptors (Lipinski definition) is 3. The van der Waals surface area contributed by atoms with Gasteiger partial charge < -0.3 is 15.6 Å². The van der Waals surface area contributed by atoms with Crippen LogP contribution in [0, 0.1) is 0 Å². The van der Waals surface area contributed by atoms with Crippen molar-refractivity contribution < 1.29 is 9.84 Å². The minimum Gasteiger partial charge on any atom is -0.491 e. The maximum absolute atomic E-state index is 10.1. The van der Waals surface area contributed by atoms with Crippen molar-refractivity contribution in [2.24, 2.45) is 5.73 Å². The van der Waals surface area contributed by atoms with Crippen LogP contribution >= 0.6 is 0 Å². The highest BCUT2D eigenvalue weighted by Gasteiger charge is 2.07. The average Bonchev–Trinajstić information content (AvgIpc) is 2.52. The number of aliphatic hydroxyl groups excluding tert-OH is 1. The minimum absolute atomic E-state index is 0.254. The molecule has 0 radical (unpaired) electrons. The molecule has 0 amide bonds. The van der Waals surface area contributed by atoms with E-state index in [1.807, 2.05) is 48.5 Å². The highest BCUT2D eigenvalue weighted by Crippen LogP contribution is 2.18. The van der Waals surface area contributed by atoms with Crippen LogP contribution in [0.2, 0.25) is 0 Å². The highest BCUT2D eigenvalue weighted by molar-refractivity contribution is 5.29. The van der Waals surface area contributed by atoms with Gasteiger partial charge in [-0.2, -0.15) is 0 Å². The quantitative estimate of drug-likeness (QED) is 0.814. The molecule has 20 heavy (non-hydrogen) atoms. The molecule has 106 valence electrons. The van der Waals surface area contributed by atoms with E-state index in [9.17, 15) is 5.11 Å². The van der Waals surface area contributed by atoms with Crippen molar-refractivity contribution in [3.8, 4) is 5.75 Å². The number of aryl methyl sites for hydroxylation is 1. The first-order valence-corrected chi connectivity index (χ1v) is 6.94. The second-order valence-corrected chi connectivity index (χ2v) is 4.78. The zero-order valence-electron chi connectivity index (χ0n) is 11.5. The van der Waals surface area contributed by atoms with Gasteiger partial charge in [-0.3, -0.25) is 0 Å². The molecule has 0 heterocycles. The second-order valence-electron chi connectivity index (χ2n) is 4.78. The van der Waals surface area contributed by atoms with Gasteiger partial charge in [0, 0.05) is 0 Å². The molecule has 1 atom stereocenters.